The standard InChI is InChI=1S/C55H58N2O9S/c67-54-56-31-46-48(59-34-41-21-9-2-10-22-41)50(61-36-43-25-13-4-14-26-43)51(62-37-44-27-15-5-16-28-44)53(64-46)66-55(39-58-33-40-19-7-1-8-20-40)52(63-38-45-29-17-6-18-30-45)49(47(65-55)32-57-54)60-35-42-23-11-3-12-24-42/h1-30,46-53H,31-39H2,(H2,56,57,67)/t46-,47-,48-,49-,50+,51-,52+,53-,55+/m1/s1. The second kappa shape index (κ2) is 23.6. The minimum atomic E-state index is -1.61. The Morgan fingerprint density at radius 1 is 0.418 bits per heavy atom. The molecule has 3 saturated heterocycles. The van der Waals surface area contributed by atoms with E-state index in [0.29, 0.717) is 18.3 Å². The van der Waals surface area contributed by atoms with Crippen LogP contribution < -0.4 is 10.6 Å². The predicted molar refractivity (Wildman–Crippen MR) is 257 cm³/mol. The van der Waals surface area contributed by atoms with Gasteiger partial charge in [-0.3, -0.25) is 0 Å². The summed E-state index contributed by atoms with van der Waals surface area (Å²) >= 11 is 5.96. The molecule has 0 saturated carbocycles. The molecule has 9 atom stereocenters. The van der Waals surface area contributed by atoms with E-state index in [-0.39, 0.29) is 46.1 Å². The largest absolute Gasteiger partial charge is 0.371 e. The van der Waals surface area contributed by atoms with Gasteiger partial charge >= 0.3 is 0 Å². The quantitative estimate of drug-likeness (QED) is 0.0762. The Kier molecular flexibility index (Phi) is 16.5. The lowest BCUT2D eigenvalue weighted by atomic mass is 9.96. The summed E-state index contributed by atoms with van der Waals surface area (Å²) in [6.07, 6.45) is -6.15. The van der Waals surface area contributed by atoms with Crippen LogP contribution in [0.2, 0.25) is 0 Å². The second-order valence-electron chi connectivity index (χ2n) is 17.0. The van der Waals surface area contributed by atoms with Crippen molar-refractivity contribution in [1.29, 1.82) is 0 Å². The maximum atomic E-state index is 7.49. The smallest absolute Gasteiger partial charge is 0.224 e. The fraction of sp³-hybridized carbons (Fsp3) is 0.327. The number of rotatable bonds is 19. The minimum absolute atomic E-state index is 0.0504. The van der Waals surface area contributed by atoms with E-state index in [9.17, 15) is 0 Å². The molecule has 6 aromatic carbocycles. The van der Waals surface area contributed by atoms with Crippen LogP contribution in [0.3, 0.4) is 0 Å². The summed E-state index contributed by atoms with van der Waals surface area (Å²) in [6.45, 7) is 2.13. The maximum Gasteiger partial charge on any atom is 0.224 e. The monoisotopic (exact) mass is 922 g/mol. The van der Waals surface area contributed by atoms with Gasteiger partial charge in [0, 0.05) is 13.1 Å². The van der Waals surface area contributed by atoms with Crippen LogP contribution in [0.15, 0.2) is 182 Å². The second-order valence-corrected chi connectivity index (χ2v) is 17.4. The van der Waals surface area contributed by atoms with Crippen LogP contribution in [0, 0.1) is 0 Å². The Hall–Kier alpha value is -5.35. The molecule has 12 heteroatoms. The normalized spacial score (nSPS) is 26.1. The molecule has 348 valence electrons. The third-order valence-corrected chi connectivity index (χ3v) is 12.4. The van der Waals surface area contributed by atoms with Gasteiger partial charge in [0.25, 0.3) is 0 Å². The van der Waals surface area contributed by atoms with E-state index in [1.165, 1.54) is 0 Å². The molecule has 6 aromatic rings. The first-order chi connectivity index (χ1) is 33.1. The highest BCUT2D eigenvalue weighted by Gasteiger charge is 2.62. The van der Waals surface area contributed by atoms with E-state index in [2.05, 4.69) is 10.6 Å². The van der Waals surface area contributed by atoms with Crippen molar-refractivity contribution in [2.24, 2.45) is 0 Å². The summed E-state index contributed by atoms with van der Waals surface area (Å²) in [6, 6.07) is 60.2. The van der Waals surface area contributed by atoms with E-state index in [0.717, 1.165) is 33.4 Å². The van der Waals surface area contributed by atoms with Gasteiger partial charge in [0.2, 0.25) is 5.79 Å². The zero-order chi connectivity index (χ0) is 45.5. The summed E-state index contributed by atoms with van der Waals surface area (Å²) in [5.41, 5.74) is 5.92. The molecule has 2 N–H and O–H groups in total. The Morgan fingerprint density at radius 3 is 1.25 bits per heavy atom. The SMILES string of the molecule is S=C1NC[C@H]2O[C@@](COCc3ccccc3)(O[C@H]3O[C@H](CN1)[C@@H](OCc1ccccc1)[C@H](OCc1ccccc1)[C@H]3OCc1ccccc1)[C@@H](OCc1ccccc1)[C@@H]2OCc1ccccc1. The van der Waals surface area contributed by atoms with Crippen molar-refractivity contribution in [3.63, 3.8) is 0 Å². The molecular formula is C55H58N2O9S. The highest BCUT2D eigenvalue weighted by molar-refractivity contribution is 7.80. The van der Waals surface area contributed by atoms with Crippen molar-refractivity contribution < 1.29 is 42.6 Å². The van der Waals surface area contributed by atoms with Gasteiger partial charge in [-0.2, -0.15) is 0 Å². The molecule has 9 rings (SSSR count). The molecule has 3 aliphatic heterocycles. The summed E-state index contributed by atoms with van der Waals surface area (Å²) in [7, 11) is 0. The Bertz CT molecular complexity index is 2370. The summed E-state index contributed by atoms with van der Waals surface area (Å²) < 4.78 is 63.5. The highest BCUT2D eigenvalue weighted by Crippen LogP contribution is 2.42. The Morgan fingerprint density at radius 2 is 0.791 bits per heavy atom. The lowest BCUT2D eigenvalue weighted by molar-refractivity contribution is -0.395. The fourth-order valence-electron chi connectivity index (χ4n) is 8.72. The van der Waals surface area contributed by atoms with Gasteiger partial charge in [-0.25, -0.2) is 0 Å². The van der Waals surface area contributed by atoms with Crippen molar-refractivity contribution in [3.8, 4) is 0 Å². The van der Waals surface area contributed by atoms with Crippen molar-refractivity contribution in [2.45, 2.75) is 94.4 Å². The average Bonchev–Trinajstić information content (AvgIpc) is 3.67. The zero-order valence-electron chi connectivity index (χ0n) is 37.4. The van der Waals surface area contributed by atoms with Crippen molar-refractivity contribution in [2.75, 3.05) is 19.7 Å². The molecule has 0 aliphatic carbocycles. The minimum Gasteiger partial charge on any atom is -0.371 e. The van der Waals surface area contributed by atoms with Gasteiger partial charge in [0.05, 0.1) is 39.6 Å². The van der Waals surface area contributed by atoms with E-state index in [1.807, 2.05) is 182 Å². The topological polar surface area (TPSA) is 107 Å². The fourth-order valence-corrected chi connectivity index (χ4v) is 8.88. The lowest BCUT2D eigenvalue weighted by Crippen LogP contribution is -2.65. The number of hydrogen-bond donors (Lipinski definition) is 2. The van der Waals surface area contributed by atoms with Crippen molar-refractivity contribution in [1.82, 2.24) is 10.6 Å². The first kappa shape index (κ1) is 46.7. The molecule has 0 aromatic heterocycles. The maximum absolute atomic E-state index is 7.49. The van der Waals surface area contributed by atoms with Crippen LogP contribution in [0.25, 0.3) is 0 Å². The molecule has 67 heavy (non-hydrogen) atoms. The van der Waals surface area contributed by atoms with Crippen LogP contribution in [0.5, 0.6) is 0 Å². The van der Waals surface area contributed by atoms with Crippen LogP contribution in [-0.2, 0) is 82.3 Å². The third-order valence-electron chi connectivity index (χ3n) is 12.1. The summed E-state index contributed by atoms with van der Waals surface area (Å²) in [5.74, 6) is -1.61. The molecule has 0 radical (unpaired) electrons. The molecule has 3 heterocycles. The summed E-state index contributed by atoms with van der Waals surface area (Å²) in [4.78, 5) is 0. The molecule has 3 aliphatic rings. The van der Waals surface area contributed by atoms with Crippen molar-refractivity contribution >= 4 is 17.3 Å². The molecule has 0 unspecified atom stereocenters. The van der Waals surface area contributed by atoms with E-state index in [4.69, 9.17) is 54.8 Å². The first-order valence-electron chi connectivity index (χ1n) is 23.0. The zero-order valence-corrected chi connectivity index (χ0v) is 38.2. The molecular weight excluding hydrogens is 865 g/mol. The van der Waals surface area contributed by atoms with Gasteiger partial charge in [0.15, 0.2) is 11.4 Å². The van der Waals surface area contributed by atoms with Crippen LogP contribution in [0.4, 0.5) is 0 Å². The molecule has 4 bridgehead atoms. The van der Waals surface area contributed by atoms with Crippen LogP contribution in [0.1, 0.15) is 33.4 Å². The van der Waals surface area contributed by atoms with Crippen molar-refractivity contribution in [3.05, 3.63) is 215 Å². The lowest BCUT2D eigenvalue weighted by Gasteiger charge is -2.48. The number of thiocarbonyl (C=S) groups is 1. The number of ether oxygens (including phenoxy) is 9. The van der Waals surface area contributed by atoms with Gasteiger partial charge < -0.3 is 53.3 Å². The first-order valence-corrected chi connectivity index (χ1v) is 23.4. The van der Waals surface area contributed by atoms with Gasteiger partial charge in [0.1, 0.15) is 49.3 Å². The average molecular weight is 923 g/mol. The molecule has 11 nitrogen and oxygen atoms in total. The third kappa shape index (κ3) is 12.6. The Balaban J connectivity index is 1.13. The van der Waals surface area contributed by atoms with E-state index < -0.39 is 54.8 Å². The molecule has 0 amide bonds. The van der Waals surface area contributed by atoms with Crippen LogP contribution >= 0.6 is 12.2 Å². The van der Waals surface area contributed by atoms with Gasteiger partial charge in [-0.15, -0.1) is 0 Å². The number of hydrogen-bond acceptors (Lipinski definition) is 10. The number of nitrogens with one attached hydrogen (secondary N) is 2. The predicted octanol–water partition coefficient (Wildman–Crippen LogP) is 8.44. The molecule has 0 spiro atoms. The van der Waals surface area contributed by atoms with Gasteiger partial charge in [-0.05, 0) is 45.6 Å². The summed E-state index contributed by atoms with van der Waals surface area (Å²) in [5, 5.41) is 7.24. The number of benzene rings is 6. The van der Waals surface area contributed by atoms with E-state index in [1.54, 1.807) is 0 Å². The van der Waals surface area contributed by atoms with Crippen LogP contribution in [-0.4, -0.2) is 79.6 Å². The molecule has 3 fully saturated rings. The Labute approximate surface area is 398 Å². The highest BCUT2D eigenvalue weighted by atomic mass is 32.1. The van der Waals surface area contributed by atoms with Gasteiger partial charge in [-0.1, -0.05) is 182 Å². The number of fused-ring (bicyclic) bond motifs is 4. The van der Waals surface area contributed by atoms with E-state index >= 15 is 0 Å².